The maximum Gasteiger partial charge on any atom is 0.323 e. The zero-order valence-corrected chi connectivity index (χ0v) is 20.6. The number of rotatable bonds is 8. The first-order valence-electron chi connectivity index (χ1n) is 12.2. The fourth-order valence-corrected chi connectivity index (χ4v) is 4.66. The highest BCUT2D eigenvalue weighted by atomic mass is 16.9. The van der Waals surface area contributed by atoms with Gasteiger partial charge in [-0.2, -0.15) is 15.0 Å². The van der Waals surface area contributed by atoms with E-state index in [-0.39, 0.29) is 25.3 Å². The van der Waals surface area contributed by atoms with E-state index in [9.17, 15) is 0 Å². The van der Waals surface area contributed by atoms with Crippen LogP contribution in [-0.2, 0) is 28.4 Å². The molecule has 4 fully saturated rings. The van der Waals surface area contributed by atoms with Crippen molar-refractivity contribution in [3.63, 3.8) is 0 Å². The van der Waals surface area contributed by atoms with Crippen molar-refractivity contribution in [3.05, 3.63) is 0 Å². The predicted octanol–water partition coefficient (Wildman–Crippen LogP) is 0.278. The fourth-order valence-electron chi connectivity index (χ4n) is 4.66. The molecule has 0 radical (unpaired) electrons. The molecule has 196 valence electrons. The van der Waals surface area contributed by atoms with Crippen LogP contribution in [0.2, 0.25) is 0 Å². The molecule has 0 bridgehead atoms. The topological polar surface area (TPSA) is 139 Å². The number of ether oxygens (including phenoxy) is 7. The summed E-state index contributed by atoms with van der Waals surface area (Å²) in [6.45, 7) is 10.7. The lowest BCUT2D eigenvalue weighted by atomic mass is 9.99. The van der Waals surface area contributed by atoms with E-state index < -0.39 is 36.2 Å². The minimum absolute atomic E-state index is 0.0719. The SMILES string of the molecule is CC1(C)O[C@H]2[C@@H](O1)[C@@H](COc1nc(NCCCO)nc(N3CCOCC3)n1)O[C@@H]1OC(C)(C)O[C@@H]12. The molecule has 0 aliphatic carbocycles. The van der Waals surface area contributed by atoms with Gasteiger partial charge >= 0.3 is 6.01 Å². The second-order valence-electron chi connectivity index (χ2n) is 9.86. The lowest BCUT2D eigenvalue weighted by Crippen LogP contribution is -2.56. The summed E-state index contributed by atoms with van der Waals surface area (Å²) in [6.07, 6.45) is -1.70. The van der Waals surface area contributed by atoms with Gasteiger partial charge < -0.3 is 48.5 Å². The summed E-state index contributed by atoms with van der Waals surface area (Å²) in [6, 6.07) is 0.164. The molecule has 0 saturated carbocycles. The van der Waals surface area contributed by atoms with Crippen molar-refractivity contribution < 1.29 is 38.3 Å². The van der Waals surface area contributed by atoms with E-state index in [4.69, 9.17) is 38.3 Å². The van der Waals surface area contributed by atoms with Crippen molar-refractivity contribution in [2.75, 3.05) is 56.3 Å². The van der Waals surface area contributed by atoms with E-state index in [0.29, 0.717) is 51.2 Å². The third-order valence-electron chi connectivity index (χ3n) is 6.14. The van der Waals surface area contributed by atoms with Gasteiger partial charge in [-0.3, -0.25) is 0 Å². The van der Waals surface area contributed by atoms with Crippen LogP contribution in [0.4, 0.5) is 11.9 Å². The van der Waals surface area contributed by atoms with Crippen LogP contribution in [-0.4, -0.2) is 108 Å². The van der Waals surface area contributed by atoms with E-state index in [1.165, 1.54) is 0 Å². The first-order valence-corrected chi connectivity index (χ1v) is 12.2. The highest BCUT2D eigenvalue weighted by Gasteiger charge is 2.60. The van der Waals surface area contributed by atoms with Crippen LogP contribution in [0.15, 0.2) is 0 Å². The van der Waals surface area contributed by atoms with Crippen LogP contribution in [0.5, 0.6) is 6.01 Å². The van der Waals surface area contributed by atoms with Crippen LogP contribution in [0, 0.1) is 0 Å². The number of aromatic nitrogens is 3. The molecular formula is C22H35N5O8. The summed E-state index contributed by atoms with van der Waals surface area (Å²) in [4.78, 5) is 15.5. The van der Waals surface area contributed by atoms with Gasteiger partial charge in [0.2, 0.25) is 11.9 Å². The van der Waals surface area contributed by atoms with Gasteiger partial charge in [0, 0.05) is 26.2 Å². The molecule has 13 heteroatoms. The molecule has 0 aromatic carbocycles. The number of anilines is 2. The molecule has 0 unspecified atom stereocenters. The van der Waals surface area contributed by atoms with Crippen LogP contribution >= 0.6 is 0 Å². The molecule has 5 atom stereocenters. The van der Waals surface area contributed by atoms with Crippen LogP contribution < -0.4 is 15.0 Å². The summed E-state index contributed by atoms with van der Waals surface area (Å²) in [5.74, 6) is -0.698. The first kappa shape index (κ1) is 24.8. The van der Waals surface area contributed by atoms with Gasteiger partial charge in [-0.15, -0.1) is 0 Å². The molecule has 35 heavy (non-hydrogen) atoms. The molecule has 4 saturated heterocycles. The number of fused-ring (bicyclic) bond motifs is 3. The summed E-state index contributed by atoms with van der Waals surface area (Å²) >= 11 is 0. The fraction of sp³-hybridized carbons (Fsp3) is 0.864. The second-order valence-corrected chi connectivity index (χ2v) is 9.86. The summed E-state index contributed by atoms with van der Waals surface area (Å²) in [7, 11) is 0. The summed E-state index contributed by atoms with van der Waals surface area (Å²) < 4.78 is 42.0. The van der Waals surface area contributed by atoms with Crippen molar-refractivity contribution in [3.8, 4) is 6.01 Å². The van der Waals surface area contributed by atoms with E-state index in [0.717, 1.165) is 0 Å². The molecule has 1 aromatic heterocycles. The van der Waals surface area contributed by atoms with Gasteiger partial charge in [-0.05, 0) is 34.1 Å². The molecule has 4 aliphatic heterocycles. The monoisotopic (exact) mass is 497 g/mol. The number of hydrogen-bond acceptors (Lipinski definition) is 13. The largest absolute Gasteiger partial charge is 0.460 e. The molecule has 13 nitrogen and oxygen atoms in total. The molecule has 5 rings (SSSR count). The third-order valence-corrected chi connectivity index (χ3v) is 6.14. The Hall–Kier alpha value is -1.87. The van der Waals surface area contributed by atoms with Gasteiger partial charge in [0.05, 0.1) is 13.2 Å². The second kappa shape index (κ2) is 9.88. The Balaban J connectivity index is 1.32. The highest BCUT2D eigenvalue weighted by molar-refractivity contribution is 5.38. The average Bonchev–Trinajstić information content (AvgIpc) is 3.32. The minimum Gasteiger partial charge on any atom is -0.460 e. The lowest BCUT2D eigenvalue weighted by Gasteiger charge is -2.36. The van der Waals surface area contributed by atoms with E-state index in [1.54, 1.807) is 0 Å². The number of aliphatic hydroxyl groups excluding tert-OH is 1. The number of nitrogens with zero attached hydrogens (tertiary/aromatic N) is 4. The van der Waals surface area contributed by atoms with Crippen molar-refractivity contribution in [2.45, 2.75) is 76.4 Å². The van der Waals surface area contributed by atoms with Crippen molar-refractivity contribution in [1.29, 1.82) is 0 Å². The zero-order chi connectivity index (χ0) is 24.6. The van der Waals surface area contributed by atoms with E-state index >= 15 is 0 Å². The summed E-state index contributed by atoms with van der Waals surface area (Å²) in [5, 5.41) is 12.2. The molecule has 5 heterocycles. The van der Waals surface area contributed by atoms with Crippen LogP contribution in [0.3, 0.4) is 0 Å². The number of nitrogens with one attached hydrogen (secondary N) is 1. The van der Waals surface area contributed by atoms with E-state index in [2.05, 4.69) is 20.3 Å². The number of hydrogen-bond donors (Lipinski definition) is 2. The van der Waals surface area contributed by atoms with Crippen molar-refractivity contribution >= 4 is 11.9 Å². The number of morpholine rings is 1. The Kier molecular flexibility index (Phi) is 7.00. The zero-order valence-electron chi connectivity index (χ0n) is 20.6. The molecule has 4 aliphatic rings. The van der Waals surface area contributed by atoms with Crippen molar-refractivity contribution in [1.82, 2.24) is 15.0 Å². The normalized spacial score (nSPS) is 33.3. The molecule has 2 N–H and O–H groups in total. The predicted molar refractivity (Wildman–Crippen MR) is 121 cm³/mol. The lowest BCUT2D eigenvalue weighted by molar-refractivity contribution is -0.238. The standard InChI is InChI=1S/C22H35N5O8/c1-21(2)32-14-13(31-17-16(15(14)33-21)34-22(3,4)35-17)12-30-20-25-18(23-6-5-9-28)24-19(26-20)27-7-10-29-11-8-27/h13-17,28H,5-12H2,1-4H3,(H,23,24,25,26)/t13-,14+,15+,16-,17-/m1/s1. The van der Waals surface area contributed by atoms with Crippen LogP contribution in [0.1, 0.15) is 34.1 Å². The maximum absolute atomic E-state index is 9.10. The van der Waals surface area contributed by atoms with E-state index in [1.807, 2.05) is 32.6 Å². The maximum atomic E-state index is 9.10. The van der Waals surface area contributed by atoms with Crippen molar-refractivity contribution in [2.24, 2.45) is 0 Å². The average molecular weight is 498 g/mol. The Bertz CT molecular complexity index is 883. The highest BCUT2D eigenvalue weighted by Crippen LogP contribution is 2.44. The van der Waals surface area contributed by atoms with Gasteiger partial charge in [0.25, 0.3) is 0 Å². The Morgan fingerprint density at radius 1 is 0.971 bits per heavy atom. The molecular weight excluding hydrogens is 462 g/mol. The van der Waals surface area contributed by atoms with Crippen LogP contribution in [0.25, 0.3) is 0 Å². The third kappa shape index (κ3) is 5.61. The Morgan fingerprint density at radius 2 is 1.69 bits per heavy atom. The van der Waals surface area contributed by atoms with Gasteiger partial charge in [0.15, 0.2) is 17.9 Å². The van der Waals surface area contributed by atoms with Gasteiger partial charge in [-0.1, -0.05) is 0 Å². The van der Waals surface area contributed by atoms with Gasteiger partial charge in [-0.25, -0.2) is 0 Å². The molecule has 0 spiro atoms. The summed E-state index contributed by atoms with van der Waals surface area (Å²) in [5.41, 5.74) is 0. The molecule has 0 amide bonds. The molecule has 1 aromatic rings. The quantitative estimate of drug-likeness (QED) is 0.476. The Morgan fingerprint density at radius 3 is 2.46 bits per heavy atom. The van der Waals surface area contributed by atoms with Gasteiger partial charge in [0.1, 0.15) is 31.0 Å². The smallest absolute Gasteiger partial charge is 0.323 e. The minimum atomic E-state index is -0.790. The Labute approximate surface area is 204 Å². The first-order chi connectivity index (χ1) is 16.7. The number of aliphatic hydroxyl groups is 1.